The Morgan fingerprint density at radius 3 is 2.63 bits per heavy atom. The Bertz CT molecular complexity index is 1170. The Kier molecular flexibility index (Phi) is 5.57. The summed E-state index contributed by atoms with van der Waals surface area (Å²) in [4.78, 5) is 42.2. The summed E-state index contributed by atoms with van der Waals surface area (Å²) in [6.07, 6.45) is -3.45. The first-order valence-electron chi connectivity index (χ1n) is 8.02. The molecule has 3 amide bonds. The first-order valence-corrected chi connectivity index (χ1v) is 8.40. The van der Waals surface area contributed by atoms with Crippen LogP contribution in [0.15, 0.2) is 34.3 Å². The zero-order valence-corrected chi connectivity index (χ0v) is 15.4. The summed E-state index contributed by atoms with van der Waals surface area (Å²) < 4.78 is 45.9. The normalized spacial score (nSPS) is 16.2. The van der Waals surface area contributed by atoms with Crippen molar-refractivity contribution in [1.29, 1.82) is 5.26 Å². The molecule has 9 nitrogen and oxygen atoms in total. The van der Waals surface area contributed by atoms with Crippen molar-refractivity contribution in [1.82, 2.24) is 14.9 Å². The number of urea groups is 1. The largest absolute Gasteiger partial charge is 0.449 e. The minimum Gasteiger partial charge on any atom is -0.449 e. The number of imide groups is 1. The molecule has 2 heterocycles. The van der Waals surface area contributed by atoms with E-state index in [1.54, 1.807) is 6.07 Å². The number of rotatable bonds is 4. The van der Waals surface area contributed by atoms with Gasteiger partial charge in [-0.05, 0) is 18.2 Å². The third-order valence-corrected chi connectivity index (χ3v) is 4.04. The maximum atomic E-state index is 13.4. The van der Waals surface area contributed by atoms with E-state index in [9.17, 15) is 27.6 Å². The van der Waals surface area contributed by atoms with Crippen molar-refractivity contribution in [3.05, 3.63) is 51.2 Å². The van der Waals surface area contributed by atoms with Crippen LogP contribution in [0, 0.1) is 17.2 Å². The summed E-state index contributed by atoms with van der Waals surface area (Å²) in [5.74, 6) is -3.33. The number of benzene rings is 1. The van der Waals surface area contributed by atoms with Gasteiger partial charge in [-0.2, -0.15) is 18.4 Å². The molecule has 1 atom stereocenters. The Morgan fingerprint density at radius 1 is 1.27 bits per heavy atom. The molecule has 1 unspecified atom stereocenters. The van der Waals surface area contributed by atoms with E-state index in [-0.39, 0.29) is 16.3 Å². The molecule has 0 saturated carbocycles. The maximum absolute atomic E-state index is 13.4. The number of aliphatic imine (C=N–C) groups is 1. The fraction of sp³-hybridized carbons (Fsp3) is 0.176. The second-order valence-corrected chi connectivity index (χ2v) is 6.38. The predicted molar refractivity (Wildman–Crippen MR) is 95.3 cm³/mol. The smallest absolute Gasteiger partial charge is 0.437 e. The van der Waals surface area contributed by atoms with Gasteiger partial charge in [0.2, 0.25) is 11.7 Å². The van der Waals surface area contributed by atoms with Crippen molar-refractivity contribution < 1.29 is 27.5 Å². The third-order valence-electron chi connectivity index (χ3n) is 3.82. The molecule has 30 heavy (non-hydrogen) atoms. The summed E-state index contributed by atoms with van der Waals surface area (Å²) in [5, 5.41) is 10.9. The zero-order chi connectivity index (χ0) is 22.1. The van der Waals surface area contributed by atoms with Crippen molar-refractivity contribution >= 4 is 29.8 Å². The van der Waals surface area contributed by atoms with Gasteiger partial charge in [0.1, 0.15) is 5.75 Å². The molecule has 13 heteroatoms. The fourth-order valence-corrected chi connectivity index (χ4v) is 2.72. The molecule has 1 aromatic heterocycles. The fourth-order valence-electron chi connectivity index (χ4n) is 2.50. The summed E-state index contributed by atoms with van der Waals surface area (Å²) in [6, 6.07) is 4.32. The van der Waals surface area contributed by atoms with E-state index in [4.69, 9.17) is 21.6 Å². The Hall–Kier alpha value is -3.72. The van der Waals surface area contributed by atoms with Crippen molar-refractivity contribution in [2.45, 2.75) is 12.7 Å². The molecule has 1 N–H and O–H groups in total. The van der Waals surface area contributed by atoms with Crippen molar-refractivity contribution in [2.24, 2.45) is 10.9 Å². The summed E-state index contributed by atoms with van der Waals surface area (Å²) in [7, 11) is 0. The average molecular weight is 440 g/mol. The van der Waals surface area contributed by atoms with Gasteiger partial charge in [-0.25, -0.2) is 14.8 Å². The lowest BCUT2D eigenvalue weighted by Gasteiger charge is -2.18. The first-order chi connectivity index (χ1) is 14.1. The van der Waals surface area contributed by atoms with E-state index in [1.165, 1.54) is 6.07 Å². The predicted octanol–water partition coefficient (Wildman–Crippen LogP) is 2.52. The molecule has 0 spiro atoms. The van der Waals surface area contributed by atoms with Gasteiger partial charge in [0.05, 0.1) is 23.9 Å². The topological polar surface area (TPSA) is 126 Å². The molecule has 1 aromatic carbocycles. The van der Waals surface area contributed by atoms with E-state index in [0.717, 1.165) is 18.3 Å². The number of halogens is 4. The monoisotopic (exact) mass is 439 g/mol. The number of hydrogen-bond acceptors (Lipinski definition) is 6. The minimum absolute atomic E-state index is 0.00146. The molecular weight excluding hydrogens is 431 g/mol. The number of nitrogens with zero attached hydrogens (tertiary/aromatic N) is 4. The van der Waals surface area contributed by atoms with E-state index >= 15 is 0 Å². The minimum atomic E-state index is -5.03. The van der Waals surface area contributed by atoms with Crippen LogP contribution in [0.25, 0.3) is 0 Å². The molecular formula is C17H9ClF3N5O4. The van der Waals surface area contributed by atoms with Crippen LogP contribution >= 0.6 is 11.6 Å². The molecule has 154 valence electrons. The van der Waals surface area contributed by atoms with Gasteiger partial charge in [0.25, 0.3) is 5.56 Å². The lowest BCUT2D eigenvalue weighted by molar-refractivity contribution is -0.142. The SMILES string of the molecule is N#Cc1cc(Cl)cc(Oc2c(C(F)(F)F)ncn(CC3C=NC(=O)NC3=O)c2=O)c1. The highest BCUT2D eigenvalue weighted by Crippen LogP contribution is 2.35. The van der Waals surface area contributed by atoms with Crippen LogP contribution in [0.4, 0.5) is 18.0 Å². The molecule has 1 aliphatic heterocycles. The number of aromatic nitrogens is 2. The molecule has 0 radical (unpaired) electrons. The Labute approximate surface area is 170 Å². The van der Waals surface area contributed by atoms with Crippen LogP contribution in [0.5, 0.6) is 11.5 Å². The number of amides is 3. The molecule has 1 aliphatic rings. The molecule has 0 saturated heterocycles. The van der Waals surface area contributed by atoms with Crippen LogP contribution in [0.3, 0.4) is 0 Å². The van der Waals surface area contributed by atoms with Crippen molar-refractivity contribution in [3.8, 4) is 17.6 Å². The van der Waals surface area contributed by atoms with Gasteiger partial charge >= 0.3 is 12.2 Å². The quantitative estimate of drug-likeness (QED) is 0.780. The van der Waals surface area contributed by atoms with E-state index in [0.29, 0.717) is 10.9 Å². The van der Waals surface area contributed by atoms with Gasteiger partial charge in [0.15, 0.2) is 5.69 Å². The number of nitrogens with one attached hydrogen (secondary N) is 1. The zero-order valence-electron chi connectivity index (χ0n) is 14.6. The number of carbonyl (C=O) groups is 2. The molecule has 2 aromatic rings. The van der Waals surface area contributed by atoms with Crippen LogP contribution in [-0.2, 0) is 17.5 Å². The van der Waals surface area contributed by atoms with E-state index in [2.05, 4.69) is 9.98 Å². The van der Waals surface area contributed by atoms with Gasteiger partial charge in [0, 0.05) is 17.8 Å². The van der Waals surface area contributed by atoms with Gasteiger partial charge in [-0.1, -0.05) is 11.6 Å². The van der Waals surface area contributed by atoms with Gasteiger partial charge < -0.3 is 4.74 Å². The van der Waals surface area contributed by atoms with Gasteiger partial charge in [-0.3, -0.25) is 19.5 Å². The number of alkyl halides is 3. The number of ether oxygens (including phenoxy) is 1. The highest BCUT2D eigenvalue weighted by Gasteiger charge is 2.39. The number of nitriles is 1. The van der Waals surface area contributed by atoms with Crippen molar-refractivity contribution in [2.75, 3.05) is 0 Å². The average Bonchev–Trinajstić information content (AvgIpc) is 2.65. The molecule has 3 rings (SSSR count). The molecule has 0 fully saturated rings. The summed E-state index contributed by atoms with van der Waals surface area (Å²) in [6.45, 7) is -0.443. The Balaban J connectivity index is 2.05. The van der Waals surface area contributed by atoms with Crippen molar-refractivity contribution in [3.63, 3.8) is 0 Å². The van der Waals surface area contributed by atoms with Crippen LogP contribution in [0.2, 0.25) is 5.02 Å². The standard InChI is InChI=1S/C17H9ClF3N5O4/c18-10-1-8(4-22)2-11(3-10)30-12-13(17(19,20)21)24-7-26(15(12)28)6-9-5-23-16(29)25-14(9)27/h1-3,5,7,9H,6H2,(H,25,27,29). The lowest BCUT2D eigenvalue weighted by Crippen LogP contribution is -2.42. The molecule has 0 bridgehead atoms. The first kappa shape index (κ1) is 21.0. The second kappa shape index (κ2) is 7.96. The number of hydrogen-bond donors (Lipinski definition) is 1. The lowest BCUT2D eigenvalue weighted by atomic mass is 10.1. The Morgan fingerprint density at radius 2 is 2.00 bits per heavy atom. The number of carbonyl (C=O) groups excluding carboxylic acids is 2. The maximum Gasteiger partial charge on any atom is 0.437 e. The molecule has 0 aliphatic carbocycles. The highest BCUT2D eigenvalue weighted by atomic mass is 35.5. The highest BCUT2D eigenvalue weighted by molar-refractivity contribution is 6.30. The van der Waals surface area contributed by atoms with Gasteiger partial charge in [-0.15, -0.1) is 0 Å². The third kappa shape index (κ3) is 4.47. The van der Waals surface area contributed by atoms with Crippen LogP contribution in [-0.4, -0.2) is 27.7 Å². The van der Waals surface area contributed by atoms with E-state index in [1.807, 2.05) is 5.32 Å². The van der Waals surface area contributed by atoms with E-state index < -0.39 is 47.6 Å². The summed E-state index contributed by atoms with van der Waals surface area (Å²) >= 11 is 5.81. The summed E-state index contributed by atoms with van der Waals surface area (Å²) in [5.41, 5.74) is -2.84. The van der Waals surface area contributed by atoms with Crippen LogP contribution < -0.4 is 15.6 Å². The second-order valence-electron chi connectivity index (χ2n) is 5.95. The van der Waals surface area contributed by atoms with Crippen LogP contribution in [0.1, 0.15) is 11.3 Å².